The molecule has 1 aliphatic carbocycles. The minimum atomic E-state index is -5.37. The molecule has 0 aromatic rings. The van der Waals surface area contributed by atoms with Gasteiger partial charge in [0.05, 0.1) is 6.54 Å². The van der Waals surface area contributed by atoms with Gasteiger partial charge in [0.2, 0.25) is 5.91 Å². The first-order valence-electron chi connectivity index (χ1n) is 7.20. The predicted molar refractivity (Wildman–Crippen MR) is 66.0 cm³/mol. The largest absolute Gasteiger partial charge is 0.404 e. The smallest absolute Gasteiger partial charge is 0.352 e. The van der Waals surface area contributed by atoms with Gasteiger partial charge in [0.1, 0.15) is 0 Å². The Hall–Kier alpha value is -0.990. The maximum Gasteiger partial charge on any atom is 0.404 e. The number of hydrogen-bond donors (Lipinski definition) is 1. The van der Waals surface area contributed by atoms with E-state index in [2.05, 4.69) is 5.32 Å². The summed E-state index contributed by atoms with van der Waals surface area (Å²) in [6, 6.07) is -0.00917. The number of nitrogens with one attached hydrogen (secondary N) is 1. The van der Waals surface area contributed by atoms with E-state index in [9.17, 15) is 31.1 Å². The lowest BCUT2D eigenvalue weighted by Gasteiger charge is -2.33. The van der Waals surface area contributed by atoms with Crippen LogP contribution in [0.15, 0.2) is 0 Å². The van der Waals surface area contributed by atoms with Gasteiger partial charge in [-0.15, -0.1) is 0 Å². The summed E-state index contributed by atoms with van der Waals surface area (Å²) in [5.74, 6) is -0.507. The molecule has 0 aromatic carbocycles. The monoisotopic (exact) mass is 332 g/mol. The van der Waals surface area contributed by atoms with Crippen molar-refractivity contribution < 1.29 is 31.1 Å². The van der Waals surface area contributed by atoms with E-state index < -0.39 is 49.7 Å². The number of carbonyl (C=O) groups is 1. The van der Waals surface area contributed by atoms with Gasteiger partial charge in [-0.3, -0.25) is 9.69 Å². The molecule has 1 saturated heterocycles. The number of nitrogens with zero attached hydrogens (tertiary/aromatic N) is 1. The summed E-state index contributed by atoms with van der Waals surface area (Å²) >= 11 is 0. The third-order valence-corrected chi connectivity index (χ3v) is 4.52. The molecule has 1 heterocycles. The van der Waals surface area contributed by atoms with E-state index >= 15 is 0 Å². The van der Waals surface area contributed by atoms with Crippen LogP contribution < -0.4 is 5.32 Å². The highest BCUT2D eigenvalue weighted by molar-refractivity contribution is 5.78. The highest BCUT2D eigenvalue weighted by Crippen LogP contribution is 2.55. The van der Waals surface area contributed by atoms with Crippen molar-refractivity contribution in [2.24, 2.45) is 5.41 Å². The Bertz CT molecular complexity index is 400. The number of alkyl halides is 6. The van der Waals surface area contributed by atoms with Crippen LogP contribution in [0.1, 0.15) is 32.1 Å². The van der Waals surface area contributed by atoms with Crippen LogP contribution in [0.3, 0.4) is 0 Å². The minimum Gasteiger partial charge on any atom is -0.352 e. The Balaban J connectivity index is 1.96. The molecule has 0 bridgehead atoms. The van der Waals surface area contributed by atoms with E-state index in [1.807, 2.05) is 0 Å². The fourth-order valence-electron chi connectivity index (χ4n) is 3.19. The Morgan fingerprint density at radius 1 is 1.09 bits per heavy atom. The highest BCUT2D eigenvalue weighted by Gasteiger charge is 2.72. The van der Waals surface area contributed by atoms with Gasteiger partial charge in [-0.05, 0) is 25.8 Å². The molecule has 22 heavy (non-hydrogen) atoms. The zero-order valence-electron chi connectivity index (χ0n) is 11.9. The van der Waals surface area contributed by atoms with Crippen molar-refractivity contribution in [1.82, 2.24) is 10.2 Å². The van der Waals surface area contributed by atoms with Crippen molar-refractivity contribution in [1.29, 1.82) is 0 Å². The number of amides is 1. The maximum atomic E-state index is 12.9. The molecule has 0 aromatic heterocycles. The lowest BCUT2D eigenvalue weighted by atomic mass is 9.85. The molecule has 0 unspecified atom stereocenters. The average Bonchev–Trinajstić information content (AvgIpc) is 2.96. The van der Waals surface area contributed by atoms with E-state index in [0.29, 0.717) is 0 Å². The summed E-state index contributed by atoms with van der Waals surface area (Å²) in [7, 11) is 0. The van der Waals surface area contributed by atoms with Crippen molar-refractivity contribution >= 4 is 5.91 Å². The van der Waals surface area contributed by atoms with Crippen LogP contribution in [0.5, 0.6) is 0 Å². The fraction of sp³-hybridized carbons (Fsp3) is 0.923. The first-order valence-corrected chi connectivity index (χ1v) is 7.20. The predicted octanol–water partition coefficient (Wildman–Crippen LogP) is 2.86. The van der Waals surface area contributed by atoms with E-state index in [-0.39, 0.29) is 6.04 Å². The van der Waals surface area contributed by atoms with Crippen molar-refractivity contribution in [2.75, 3.05) is 19.6 Å². The topological polar surface area (TPSA) is 32.3 Å². The van der Waals surface area contributed by atoms with Crippen molar-refractivity contribution in [3.05, 3.63) is 0 Å². The second-order valence-electron chi connectivity index (χ2n) is 6.09. The standard InChI is InChI=1S/C13H18F6N2O/c14-12(15,16)11(13(17,18)19)5-6-21(8-11)7-10(22)20-9-3-1-2-4-9/h9H,1-8H2,(H,20,22). The first kappa shape index (κ1) is 17.4. The fourth-order valence-corrected chi connectivity index (χ4v) is 3.19. The van der Waals surface area contributed by atoms with Gasteiger partial charge in [0.25, 0.3) is 0 Å². The second-order valence-corrected chi connectivity index (χ2v) is 6.09. The first-order chi connectivity index (χ1) is 10.1. The van der Waals surface area contributed by atoms with E-state index in [0.717, 1.165) is 30.6 Å². The zero-order chi connectivity index (χ0) is 16.6. The summed E-state index contributed by atoms with van der Waals surface area (Å²) < 4.78 is 77.4. The van der Waals surface area contributed by atoms with Gasteiger partial charge >= 0.3 is 12.4 Å². The molecule has 0 spiro atoms. The molecule has 1 saturated carbocycles. The van der Waals surface area contributed by atoms with Gasteiger partial charge in [-0.2, -0.15) is 26.3 Å². The molecule has 128 valence electrons. The Kier molecular flexibility index (Phi) is 4.66. The van der Waals surface area contributed by atoms with Crippen LogP contribution in [-0.4, -0.2) is 48.8 Å². The summed E-state index contributed by atoms with van der Waals surface area (Å²) in [6.07, 6.45) is -8.25. The van der Waals surface area contributed by atoms with Crippen molar-refractivity contribution in [3.8, 4) is 0 Å². The third kappa shape index (κ3) is 3.33. The van der Waals surface area contributed by atoms with Crippen LogP contribution in [0.4, 0.5) is 26.3 Å². The summed E-state index contributed by atoms with van der Waals surface area (Å²) in [6.45, 7) is -2.03. The average molecular weight is 332 g/mol. The molecular weight excluding hydrogens is 314 g/mol. The van der Waals surface area contributed by atoms with Gasteiger partial charge in [-0.25, -0.2) is 0 Å². The number of carbonyl (C=O) groups excluding carboxylic acids is 1. The molecule has 2 aliphatic rings. The molecule has 2 rings (SSSR count). The summed E-state index contributed by atoms with van der Waals surface area (Å²) in [5.41, 5.74) is -3.73. The number of halogens is 6. The van der Waals surface area contributed by atoms with Crippen LogP contribution >= 0.6 is 0 Å². The number of likely N-dealkylation sites (tertiary alicyclic amines) is 1. The van der Waals surface area contributed by atoms with Gasteiger partial charge in [0.15, 0.2) is 5.41 Å². The molecule has 0 atom stereocenters. The Morgan fingerprint density at radius 3 is 2.09 bits per heavy atom. The van der Waals surface area contributed by atoms with Gasteiger partial charge < -0.3 is 5.32 Å². The molecule has 0 radical (unpaired) electrons. The Labute approximate surface area is 124 Å². The molecular formula is C13H18F6N2O. The van der Waals surface area contributed by atoms with Gasteiger partial charge in [0, 0.05) is 12.6 Å². The lowest BCUT2D eigenvalue weighted by Crippen LogP contribution is -2.52. The molecule has 1 amide bonds. The SMILES string of the molecule is O=C(CN1CCC(C(F)(F)F)(C(F)(F)F)C1)NC1CCCC1. The molecule has 9 heteroatoms. The van der Waals surface area contributed by atoms with E-state index in [4.69, 9.17) is 0 Å². The van der Waals surface area contributed by atoms with Crippen LogP contribution in [0.25, 0.3) is 0 Å². The maximum absolute atomic E-state index is 12.9. The van der Waals surface area contributed by atoms with Crippen LogP contribution in [0, 0.1) is 5.41 Å². The van der Waals surface area contributed by atoms with Gasteiger partial charge in [-0.1, -0.05) is 12.8 Å². The normalized spacial score (nSPS) is 23.9. The summed E-state index contributed by atoms with van der Waals surface area (Å²) in [5, 5.41) is 2.67. The van der Waals surface area contributed by atoms with Crippen molar-refractivity contribution in [2.45, 2.75) is 50.5 Å². The third-order valence-electron chi connectivity index (χ3n) is 4.52. The zero-order valence-corrected chi connectivity index (χ0v) is 11.9. The minimum absolute atomic E-state index is 0.00917. The quantitative estimate of drug-likeness (QED) is 0.806. The molecule has 2 fully saturated rings. The van der Waals surface area contributed by atoms with E-state index in [1.54, 1.807) is 0 Å². The van der Waals surface area contributed by atoms with E-state index in [1.165, 1.54) is 0 Å². The highest BCUT2D eigenvalue weighted by atomic mass is 19.4. The molecule has 1 aliphatic heterocycles. The lowest BCUT2D eigenvalue weighted by molar-refractivity contribution is -0.335. The van der Waals surface area contributed by atoms with Crippen LogP contribution in [-0.2, 0) is 4.79 Å². The number of hydrogen-bond acceptors (Lipinski definition) is 2. The van der Waals surface area contributed by atoms with Crippen LogP contribution in [0.2, 0.25) is 0 Å². The Morgan fingerprint density at radius 2 is 1.64 bits per heavy atom. The van der Waals surface area contributed by atoms with Crippen molar-refractivity contribution in [3.63, 3.8) is 0 Å². The molecule has 3 nitrogen and oxygen atoms in total. The second kappa shape index (κ2) is 5.90. The molecule has 1 N–H and O–H groups in total. The number of rotatable bonds is 3. The summed E-state index contributed by atoms with van der Waals surface area (Å²) in [4.78, 5) is 12.7.